The molecule has 0 aliphatic carbocycles. The van der Waals surface area contributed by atoms with Crippen molar-refractivity contribution in [3.05, 3.63) is 0 Å². The fraction of sp³-hybridized carbons (Fsp3) is 0.625. The normalized spacial score (nSPS) is 22.7. The van der Waals surface area contributed by atoms with Crippen LogP contribution >= 0.6 is 0 Å². The van der Waals surface area contributed by atoms with Crippen molar-refractivity contribution in [3.63, 3.8) is 0 Å². The molecule has 84 valence electrons. The minimum atomic E-state index is -1.09. The van der Waals surface area contributed by atoms with E-state index in [4.69, 9.17) is 5.11 Å². The number of carboxylic acids is 1. The Morgan fingerprint density at radius 2 is 2.27 bits per heavy atom. The smallest absolute Gasteiger partial charge is 0.325 e. The molecule has 15 heavy (non-hydrogen) atoms. The molecule has 2 amide bonds. The number of rotatable bonds is 3. The molecule has 0 saturated carbocycles. The van der Waals surface area contributed by atoms with Crippen LogP contribution in [0.1, 0.15) is 6.92 Å². The second kappa shape index (κ2) is 4.74. The third-order valence-corrected chi connectivity index (χ3v) is 2.06. The van der Waals surface area contributed by atoms with Crippen LogP contribution in [0.2, 0.25) is 0 Å². The van der Waals surface area contributed by atoms with Gasteiger partial charge in [0.25, 0.3) is 0 Å². The van der Waals surface area contributed by atoms with Gasteiger partial charge in [0, 0.05) is 6.54 Å². The second-order valence-electron chi connectivity index (χ2n) is 3.31. The van der Waals surface area contributed by atoms with Crippen LogP contribution < -0.4 is 16.0 Å². The maximum Gasteiger partial charge on any atom is 0.325 e. The van der Waals surface area contributed by atoms with Crippen molar-refractivity contribution < 1.29 is 19.5 Å². The van der Waals surface area contributed by atoms with Crippen molar-refractivity contribution in [2.75, 3.05) is 13.1 Å². The van der Waals surface area contributed by atoms with Gasteiger partial charge in [-0.2, -0.15) is 0 Å². The summed E-state index contributed by atoms with van der Waals surface area (Å²) in [6, 6.07) is -1.50. The van der Waals surface area contributed by atoms with Crippen LogP contribution in [0.5, 0.6) is 0 Å². The van der Waals surface area contributed by atoms with E-state index in [9.17, 15) is 14.4 Å². The van der Waals surface area contributed by atoms with Crippen molar-refractivity contribution in [1.29, 1.82) is 0 Å². The molecule has 4 N–H and O–H groups in total. The van der Waals surface area contributed by atoms with Crippen LogP contribution in [0.4, 0.5) is 0 Å². The van der Waals surface area contributed by atoms with Gasteiger partial charge in [-0.15, -0.1) is 0 Å². The zero-order valence-electron chi connectivity index (χ0n) is 8.24. The molecular weight excluding hydrogens is 202 g/mol. The van der Waals surface area contributed by atoms with Crippen molar-refractivity contribution in [3.8, 4) is 0 Å². The highest BCUT2D eigenvalue weighted by Crippen LogP contribution is 1.90. The lowest BCUT2D eigenvalue weighted by Gasteiger charge is -2.23. The first kappa shape index (κ1) is 11.4. The summed E-state index contributed by atoms with van der Waals surface area (Å²) in [5.74, 6) is -1.70. The molecule has 0 radical (unpaired) electrons. The van der Waals surface area contributed by atoms with Gasteiger partial charge in [0.2, 0.25) is 11.8 Å². The summed E-state index contributed by atoms with van der Waals surface area (Å²) in [6.45, 7) is 1.62. The summed E-state index contributed by atoms with van der Waals surface area (Å²) in [6.07, 6.45) is 0. The number of hydrogen-bond acceptors (Lipinski definition) is 4. The average Bonchev–Trinajstić information content (AvgIpc) is 2.18. The highest BCUT2D eigenvalue weighted by molar-refractivity contribution is 5.89. The molecule has 0 aromatic rings. The number of aliphatic carboxylic acids is 1. The molecule has 7 heteroatoms. The predicted octanol–water partition coefficient (Wildman–Crippen LogP) is -2.34. The molecule has 0 aromatic heterocycles. The van der Waals surface area contributed by atoms with Gasteiger partial charge in [-0.05, 0) is 6.92 Å². The molecule has 1 fully saturated rings. The summed E-state index contributed by atoms with van der Waals surface area (Å²) in [5, 5.41) is 16.1. The Kier molecular flexibility index (Phi) is 3.62. The van der Waals surface area contributed by atoms with E-state index in [2.05, 4.69) is 16.0 Å². The van der Waals surface area contributed by atoms with Crippen molar-refractivity contribution in [2.24, 2.45) is 0 Å². The number of piperazine rings is 1. The Hall–Kier alpha value is -1.63. The second-order valence-corrected chi connectivity index (χ2v) is 3.31. The van der Waals surface area contributed by atoms with Gasteiger partial charge >= 0.3 is 5.97 Å². The number of carbonyl (C=O) groups is 3. The summed E-state index contributed by atoms with van der Waals surface area (Å²) >= 11 is 0. The van der Waals surface area contributed by atoms with E-state index in [1.165, 1.54) is 6.92 Å². The Bertz CT molecular complexity index is 282. The highest BCUT2D eigenvalue weighted by atomic mass is 16.4. The Morgan fingerprint density at radius 1 is 1.60 bits per heavy atom. The monoisotopic (exact) mass is 215 g/mol. The van der Waals surface area contributed by atoms with Gasteiger partial charge in [0.1, 0.15) is 12.1 Å². The van der Waals surface area contributed by atoms with Gasteiger partial charge in [-0.25, -0.2) is 0 Å². The molecule has 0 bridgehead atoms. The van der Waals surface area contributed by atoms with Gasteiger partial charge < -0.3 is 15.7 Å². The molecule has 7 nitrogen and oxygen atoms in total. The van der Waals surface area contributed by atoms with Crippen LogP contribution in [-0.4, -0.2) is 48.1 Å². The molecule has 1 aliphatic rings. The van der Waals surface area contributed by atoms with E-state index < -0.39 is 24.0 Å². The van der Waals surface area contributed by atoms with Crippen LogP contribution in [0, 0.1) is 0 Å². The predicted molar refractivity (Wildman–Crippen MR) is 50.0 cm³/mol. The summed E-state index contributed by atoms with van der Waals surface area (Å²) < 4.78 is 0. The third kappa shape index (κ3) is 3.21. The van der Waals surface area contributed by atoms with E-state index in [0.717, 1.165) is 0 Å². The van der Waals surface area contributed by atoms with Gasteiger partial charge in [-0.1, -0.05) is 0 Å². The quantitative estimate of drug-likeness (QED) is 0.422. The average molecular weight is 215 g/mol. The minimum Gasteiger partial charge on any atom is -0.480 e. The highest BCUT2D eigenvalue weighted by Gasteiger charge is 2.25. The van der Waals surface area contributed by atoms with E-state index in [1.54, 1.807) is 0 Å². The number of amides is 2. The van der Waals surface area contributed by atoms with E-state index in [1.807, 2.05) is 0 Å². The summed E-state index contributed by atoms with van der Waals surface area (Å²) in [5.41, 5.74) is 0. The zero-order chi connectivity index (χ0) is 11.4. The molecule has 1 rings (SSSR count). The summed E-state index contributed by atoms with van der Waals surface area (Å²) in [4.78, 5) is 32.7. The van der Waals surface area contributed by atoms with E-state index in [0.29, 0.717) is 0 Å². The van der Waals surface area contributed by atoms with Crippen LogP contribution in [0.15, 0.2) is 0 Å². The minimum absolute atomic E-state index is 0.0690. The molecule has 0 spiro atoms. The van der Waals surface area contributed by atoms with Crippen LogP contribution in [0.3, 0.4) is 0 Å². The lowest BCUT2D eigenvalue weighted by atomic mass is 10.2. The van der Waals surface area contributed by atoms with Crippen molar-refractivity contribution >= 4 is 17.8 Å². The lowest BCUT2D eigenvalue weighted by Crippen LogP contribution is -2.59. The van der Waals surface area contributed by atoms with E-state index in [-0.39, 0.29) is 19.0 Å². The maximum absolute atomic E-state index is 11.4. The van der Waals surface area contributed by atoms with Crippen molar-refractivity contribution in [1.82, 2.24) is 16.0 Å². The standard InChI is InChI=1S/C8H13N3O4/c1-4(8(14)15)11-7(13)5-2-10-6(12)3-9-5/h4-5,9H,2-3H2,1H3,(H,10,12)(H,11,13)(H,14,15)/t4-,5?/m0/s1. The first-order chi connectivity index (χ1) is 7.00. The van der Waals surface area contributed by atoms with Gasteiger partial charge in [0.05, 0.1) is 6.54 Å². The molecule has 1 heterocycles. The first-order valence-corrected chi connectivity index (χ1v) is 4.54. The number of carbonyl (C=O) groups excluding carboxylic acids is 2. The number of carboxylic acid groups (broad SMARTS) is 1. The van der Waals surface area contributed by atoms with Crippen molar-refractivity contribution in [2.45, 2.75) is 19.0 Å². The largest absolute Gasteiger partial charge is 0.480 e. The molecule has 1 aliphatic heterocycles. The fourth-order valence-corrected chi connectivity index (χ4v) is 1.13. The maximum atomic E-state index is 11.4. The molecule has 0 aromatic carbocycles. The Labute approximate surface area is 86.2 Å². The molecule has 1 unspecified atom stereocenters. The van der Waals surface area contributed by atoms with Gasteiger partial charge in [0.15, 0.2) is 0 Å². The molecule has 1 saturated heterocycles. The third-order valence-electron chi connectivity index (χ3n) is 2.06. The van der Waals surface area contributed by atoms with Gasteiger partial charge in [-0.3, -0.25) is 19.7 Å². The zero-order valence-corrected chi connectivity index (χ0v) is 8.24. The van der Waals surface area contributed by atoms with Crippen LogP contribution in [-0.2, 0) is 14.4 Å². The Balaban J connectivity index is 2.40. The number of hydrogen-bond donors (Lipinski definition) is 4. The topological polar surface area (TPSA) is 108 Å². The Morgan fingerprint density at radius 3 is 2.73 bits per heavy atom. The fourth-order valence-electron chi connectivity index (χ4n) is 1.13. The SMILES string of the molecule is C[C@H](NC(=O)C1CNC(=O)CN1)C(=O)O. The molecule has 2 atom stereocenters. The summed E-state index contributed by atoms with van der Waals surface area (Å²) in [7, 11) is 0. The van der Waals surface area contributed by atoms with E-state index >= 15 is 0 Å². The molecular formula is C8H13N3O4. The first-order valence-electron chi connectivity index (χ1n) is 4.54. The lowest BCUT2D eigenvalue weighted by molar-refractivity contribution is -0.141. The van der Waals surface area contributed by atoms with Crippen LogP contribution in [0.25, 0.3) is 0 Å². The number of nitrogens with one attached hydrogen (secondary N) is 3.